The number of nitrogens with zero attached hydrogens (tertiary/aromatic N) is 3. The van der Waals surface area contributed by atoms with Crippen LogP contribution in [0.25, 0.3) is 0 Å². The maximum Gasteiger partial charge on any atom is 0.223 e. The molecule has 0 atom stereocenters. The van der Waals surface area contributed by atoms with Gasteiger partial charge < -0.3 is 35.4 Å². The lowest BCUT2D eigenvalue weighted by Crippen LogP contribution is -2.40. The summed E-state index contributed by atoms with van der Waals surface area (Å²) in [5, 5.41) is 33.5. The molecule has 1 aromatic heterocycles. The lowest BCUT2D eigenvalue weighted by molar-refractivity contribution is -0.134. The molecule has 2 heterocycles. The largest absolute Gasteiger partial charge is 0.396 e. The molecule has 2 saturated carbocycles. The predicted molar refractivity (Wildman–Crippen MR) is 242 cm³/mol. The van der Waals surface area contributed by atoms with Crippen molar-refractivity contribution in [3.63, 3.8) is 0 Å². The molecule has 344 valence electrons. The highest BCUT2D eigenvalue weighted by molar-refractivity contribution is 5.77. The highest BCUT2D eigenvalue weighted by atomic mass is 16.3. The first-order valence-electron chi connectivity index (χ1n) is 23.0. The maximum atomic E-state index is 11.9. The Morgan fingerprint density at radius 1 is 0.644 bits per heavy atom. The Morgan fingerprint density at radius 2 is 1.07 bits per heavy atom. The van der Waals surface area contributed by atoms with Gasteiger partial charge in [0.2, 0.25) is 17.7 Å². The number of aliphatic hydroxyl groups excluding tert-OH is 3. The number of aliphatic hydroxyl groups is 3. The number of carbonyl (C=O) groups is 3. The third kappa shape index (κ3) is 27.1. The Bertz CT molecular complexity index is 1310. The molecule has 5 N–H and O–H groups in total. The number of aromatic nitrogens is 2. The van der Waals surface area contributed by atoms with Crippen LogP contribution in [-0.2, 0) is 27.3 Å². The van der Waals surface area contributed by atoms with Crippen LogP contribution < -0.4 is 10.6 Å². The molecule has 3 aliphatic rings. The number of imidazole rings is 1. The van der Waals surface area contributed by atoms with E-state index >= 15 is 0 Å². The summed E-state index contributed by atoms with van der Waals surface area (Å²) in [4.78, 5) is 41.5. The van der Waals surface area contributed by atoms with Crippen LogP contribution in [0.4, 0.5) is 0 Å². The minimum Gasteiger partial charge on any atom is -0.396 e. The molecule has 3 fully saturated rings. The number of nitrogens with one attached hydrogen (secondary N) is 2. The molecule has 0 unspecified atom stereocenters. The highest BCUT2D eigenvalue weighted by Crippen LogP contribution is 2.26. The summed E-state index contributed by atoms with van der Waals surface area (Å²) in [5.74, 6) is 2.63. The van der Waals surface area contributed by atoms with E-state index in [1.165, 1.54) is 12.2 Å². The minimum atomic E-state index is -0.152. The van der Waals surface area contributed by atoms with Gasteiger partial charge in [-0.3, -0.25) is 14.4 Å². The summed E-state index contributed by atoms with van der Waals surface area (Å²) in [6.07, 6.45) is 17.3. The smallest absolute Gasteiger partial charge is 0.223 e. The summed E-state index contributed by atoms with van der Waals surface area (Å²) >= 11 is 0. The molecule has 0 radical (unpaired) electrons. The molecule has 1 aliphatic heterocycles. The lowest BCUT2D eigenvalue weighted by Gasteiger charge is -2.33. The number of rotatable bonds is 10. The van der Waals surface area contributed by atoms with Gasteiger partial charge in [-0.05, 0) is 104 Å². The Balaban J connectivity index is 0.000000394. The van der Waals surface area contributed by atoms with E-state index in [0.717, 1.165) is 90.3 Å². The standard InChI is InChI=1S/C13H25NO2.2C12H23NO2.C11H20N2/c1-13(2,3)8-12(16)14-11-6-4-10(9-15)5-7-11;1-12(2,3)8-11(15)13-6-4-10(9-14)5-7-13;1-12(2,3)8-11(15)13-9-4-6-10(14)7-5-9;1-5-10-12-7-9-13(10)8-6-11(2,3)4/h10-11,15H,4-9H2,1-3H3,(H,14,16);10,14H,4-9H2,1-3H3;9-10,14H,4-8H2,1-3H3,(H,13,15);7,9H,5-6,8H2,1-4H3. The summed E-state index contributed by atoms with van der Waals surface area (Å²) in [7, 11) is 0. The van der Waals surface area contributed by atoms with Gasteiger partial charge in [-0.25, -0.2) is 4.98 Å². The number of aryl methyl sites for hydroxylation is 2. The average Bonchev–Trinajstić information content (AvgIpc) is 3.58. The molecule has 0 spiro atoms. The van der Waals surface area contributed by atoms with Gasteiger partial charge in [-0.1, -0.05) is 90.0 Å². The van der Waals surface area contributed by atoms with E-state index in [1.807, 2.05) is 11.1 Å². The van der Waals surface area contributed by atoms with E-state index in [-0.39, 0.29) is 52.7 Å². The molecular formula is C48H91N5O6. The van der Waals surface area contributed by atoms with Gasteiger partial charge >= 0.3 is 0 Å². The lowest BCUT2D eigenvalue weighted by atomic mass is 9.86. The van der Waals surface area contributed by atoms with Crippen molar-refractivity contribution in [2.75, 3.05) is 26.3 Å². The SMILES string of the molecule is CC(C)(C)CC(=O)N1CCC(CO)CC1.CC(C)(C)CC(=O)NC1CCC(CO)CC1.CC(C)(C)CC(=O)NC1CCC(O)CC1.CCc1nccn1CCC(C)(C)C. The molecule has 2 aliphatic carbocycles. The number of likely N-dealkylation sites (tertiary alicyclic amines) is 1. The van der Waals surface area contributed by atoms with Crippen LogP contribution in [0, 0.1) is 33.5 Å². The number of piperidine rings is 1. The van der Waals surface area contributed by atoms with E-state index < -0.39 is 0 Å². The summed E-state index contributed by atoms with van der Waals surface area (Å²) in [6.45, 7) is 31.0. The minimum absolute atomic E-state index is 0.0538. The maximum absolute atomic E-state index is 11.9. The molecular weight excluding hydrogens is 743 g/mol. The topological polar surface area (TPSA) is 157 Å². The Morgan fingerprint density at radius 3 is 1.46 bits per heavy atom. The molecule has 11 heteroatoms. The van der Waals surface area contributed by atoms with Crippen LogP contribution in [0.1, 0.15) is 186 Å². The van der Waals surface area contributed by atoms with Gasteiger partial charge in [0.25, 0.3) is 0 Å². The van der Waals surface area contributed by atoms with Gasteiger partial charge in [0.1, 0.15) is 5.82 Å². The second kappa shape index (κ2) is 26.1. The zero-order valence-corrected chi connectivity index (χ0v) is 40.1. The van der Waals surface area contributed by atoms with E-state index in [1.54, 1.807) is 0 Å². The number of hydrogen-bond donors (Lipinski definition) is 5. The summed E-state index contributed by atoms with van der Waals surface area (Å²) in [6, 6.07) is 0.612. The first-order valence-corrected chi connectivity index (χ1v) is 23.0. The van der Waals surface area contributed by atoms with Crippen LogP contribution in [0.5, 0.6) is 0 Å². The van der Waals surface area contributed by atoms with Crippen molar-refractivity contribution in [3.05, 3.63) is 18.2 Å². The average molecular weight is 834 g/mol. The zero-order chi connectivity index (χ0) is 45.0. The van der Waals surface area contributed by atoms with E-state index in [4.69, 9.17) is 10.2 Å². The van der Waals surface area contributed by atoms with Crippen LogP contribution >= 0.6 is 0 Å². The van der Waals surface area contributed by atoms with Gasteiger partial charge in [0.15, 0.2) is 0 Å². The van der Waals surface area contributed by atoms with E-state index in [0.29, 0.717) is 49.2 Å². The van der Waals surface area contributed by atoms with Crippen LogP contribution in [-0.4, -0.2) is 92.0 Å². The first kappa shape index (κ1) is 54.5. The fraction of sp³-hybridized carbons (Fsp3) is 0.875. The van der Waals surface area contributed by atoms with Gasteiger partial charge in [-0.2, -0.15) is 0 Å². The second-order valence-electron chi connectivity index (χ2n) is 22.5. The van der Waals surface area contributed by atoms with Crippen molar-refractivity contribution >= 4 is 17.7 Å². The van der Waals surface area contributed by atoms with E-state index in [9.17, 15) is 19.5 Å². The van der Waals surface area contributed by atoms with Crippen molar-refractivity contribution < 1.29 is 29.7 Å². The molecule has 11 nitrogen and oxygen atoms in total. The quantitative estimate of drug-likeness (QED) is 0.158. The van der Waals surface area contributed by atoms with E-state index in [2.05, 4.69) is 116 Å². The molecule has 1 aromatic rings. The second-order valence-corrected chi connectivity index (χ2v) is 22.5. The fourth-order valence-electron chi connectivity index (χ4n) is 7.47. The molecule has 0 bridgehead atoms. The van der Waals surface area contributed by atoms with Gasteiger partial charge in [0, 0.05) is 83.0 Å². The first-order chi connectivity index (χ1) is 27.2. The number of carbonyl (C=O) groups excluding carboxylic acids is 3. The molecule has 1 saturated heterocycles. The third-order valence-corrected chi connectivity index (χ3v) is 11.0. The van der Waals surface area contributed by atoms with Crippen molar-refractivity contribution in [1.29, 1.82) is 0 Å². The molecule has 3 amide bonds. The monoisotopic (exact) mass is 834 g/mol. The fourth-order valence-corrected chi connectivity index (χ4v) is 7.47. The Hall–Kier alpha value is -2.50. The summed E-state index contributed by atoms with van der Waals surface area (Å²) in [5.41, 5.74) is 0.602. The van der Waals surface area contributed by atoms with Crippen LogP contribution in [0.15, 0.2) is 12.4 Å². The number of amides is 3. The van der Waals surface area contributed by atoms with Crippen molar-refractivity contribution in [2.45, 2.75) is 211 Å². The Labute approximate surface area is 360 Å². The van der Waals surface area contributed by atoms with Gasteiger partial charge in [0.05, 0.1) is 6.10 Å². The molecule has 0 aromatic carbocycles. The predicted octanol–water partition coefficient (Wildman–Crippen LogP) is 8.47. The van der Waals surface area contributed by atoms with Crippen LogP contribution in [0.3, 0.4) is 0 Å². The molecule has 59 heavy (non-hydrogen) atoms. The van der Waals surface area contributed by atoms with Crippen molar-refractivity contribution in [3.8, 4) is 0 Å². The highest BCUT2D eigenvalue weighted by Gasteiger charge is 2.27. The van der Waals surface area contributed by atoms with Crippen molar-refractivity contribution in [1.82, 2.24) is 25.1 Å². The van der Waals surface area contributed by atoms with Crippen molar-refractivity contribution in [2.24, 2.45) is 33.5 Å². The molecule has 4 rings (SSSR count). The van der Waals surface area contributed by atoms with Crippen LogP contribution in [0.2, 0.25) is 0 Å². The van der Waals surface area contributed by atoms with Gasteiger partial charge in [-0.15, -0.1) is 0 Å². The third-order valence-electron chi connectivity index (χ3n) is 11.0. The summed E-state index contributed by atoms with van der Waals surface area (Å²) < 4.78 is 2.26. The Kier molecular flexibility index (Phi) is 24.1. The normalized spacial score (nSPS) is 21.7. The number of hydrogen-bond acceptors (Lipinski definition) is 7. The zero-order valence-electron chi connectivity index (χ0n) is 40.1.